The summed E-state index contributed by atoms with van der Waals surface area (Å²) in [4.78, 5) is 30.3. The molecule has 38 heavy (non-hydrogen) atoms. The summed E-state index contributed by atoms with van der Waals surface area (Å²) >= 11 is 10.9. The molecule has 0 aliphatic heterocycles. The van der Waals surface area contributed by atoms with Gasteiger partial charge in [0.15, 0.2) is 15.2 Å². The van der Waals surface area contributed by atoms with Gasteiger partial charge in [-0.2, -0.15) is 10.1 Å². The predicted octanol–water partition coefficient (Wildman–Crippen LogP) is 4.69. The van der Waals surface area contributed by atoms with Gasteiger partial charge in [0.2, 0.25) is 5.95 Å². The van der Waals surface area contributed by atoms with Crippen LogP contribution in [0.2, 0.25) is 0 Å². The Morgan fingerprint density at radius 2 is 1.68 bits per heavy atom. The molecule has 0 amide bonds. The molecule has 4 aromatic heterocycles. The number of H-pyrrole nitrogens is 1. The highest BCUT2D eigenvalue weighted by Gasteiger charge is 2.21. The van der Waals surface area contributed by atoms with Gasteiger partial charge in [0, 0.05) is 11.6 Å². The molecule has 6 aromatic rings. The first kappa shape index (κ1) is 23.8. The van der Waals surface area contributed by atoms with Gasteiger partial charge in [-0.15, -0.1) is 0 Å². The molecule has 0 radical (unpaired) electrons. The van der Waals surface area contributed by atoms with Crippen LogP contribution in [0.25, 0.3) is 39.6 Å². The van der Waals surface area contributed by atoms with Crippen molar-refractivity contribution in [3.8, 4) is 28.6 Å². The van der Waals surface area contributed by atoms with Gasteiger partial charge in [0.1, 0.15) is 17.2 Å². The molecule has 2 aromatic carbocycles. The molecule has 0 aliphatic carbocycles. The number of fused-ring (bicyclic) bond motifs is 2. The van der Waals surface area contributed by atoms with Gasteiger partial charge in [-0.3, -0.25) is 9.20 Å². The number of rotatable bonds is 4. The summed E-state index contributed by atoms with van der Waals surface area (Å²) in [6, 6.07) is 18.6. The van der Waals surface area contributed by atoms with Gasteiger partial charge >= 0.3 is 0 Å². The van der Waals surface area contributed by atoms with Crippen LogP contribution in [0.4, 0.5) is 0 Å². The van der Waals surface area contributed by atoms with Crippen LogP contribution in [-0.4, -0.2) is 45.8 Å². The Labute approximate surface area is 225 Å². The highest BCUT2D eigenvalue weighted by molar-refractivity contribution is 7.71. The van der Waals surface area contributed by atoms with Crippen LogP contribution in [0.5, 0.6) is 5.75 Å². The number of methoxy groups -OCH3 is 1. The number of para-hydroxylation sites is 1. The quantitative estimate of drug-likeness (QED) is 0.321. The van der Waals surface area contributed by atoms with Crippen LogP contribution in [-0.2, 0) is 0 Å². The second kappa shape index (κ2) is 9.08. The molecule has 0 aliphatic rings. The molecular formula is C26H20N8O2S2. The van der Waals surface area contributed by atoms with E-state index in [2.05, 4.69) is 9.97 Å². The summed E-state index contributed by atoms with van der Waals surface area (Å²) in [6.07, 6.45) is 0. The number of hydrogen-bond acceptors (Lipinski definition) is 8. The van der Waals surface area contributed by atoms with Gasteiger partial charge in [-0.05, 0) is 74.7 Å². The van der Waals surface area contributed by atoms with Crippen LogP contribution in [0, 0.1) is 23.4 Å². The Hall–Kier alpha value is -4.55. The van der Waals surface area contributed by atoms with Gasteiger partial charge in [-0.25, -0.2) is 19.2 Å². The molecule has 188 valence electrons. The Morgan fingerprint density at radius 3 is 2.39 bits per heavy atom. The lowest BCUT2D eigenvalue weighted by Crippen LogP contribution is -2.24. The van der Waals surface area contributed by atoms with E-state index in [1.807, 2.05) is 61.5 Å². The average molecular weight is 541 g/mol. The SMILES string of the molecule is COc1ccc(-c2nc(-n3c(=O)cc4[nH]c(=S)nc(C)n4c3=S)nc3c2c(C)nn3-c2ccccc2)cc1. The van der Waals surface area contributed by atoms with Crippen molar-refractivity contribution in [3.05, 3.63) is 92.1 Å². The molecule has 0 spiro atoms. The molecule has 0 unspecified atom stereocenters. The molecule has 0 saturated heterocycles. The minimum atomic E-state index is -0.409. The van der Waals surface area contributed by atoms with E-state index in [4.69, 9.17) is 44.2 Å². The Kier molecular flexibility index (Phi) is 5.69. The van der Waals surface area contributed by atoms with Crippen molar-refractivity contribution in [3.63, 3.8) is 0 Å². The summed E-state index contributed by atoms with van der Waals surface area (Å²) < 4.78 is 10.4. The van der Waals surface area contributed by atoms with Crippen LogP contribution in [0.15, 0.2) is 65.5 Å². The molecule has 1 N–H and O–H groups in total. The van der Waals surface area contributed by atoms with E-state index < -0.39 is 5.56 Å². The van der Waals surface area contributed by atoms with E-state index in [9.17, 15) is 4.79 Å². The Bertz CT molecular complexity index is 2040. The lowest BCUT2D eigenvalue weighted by molar-refractivity contribution is 0.415. The third kappa shape index (κ3) is 3.81. The molecule has 0 saturated carbocycles. The second-order valence-corrected chi connectivity index (χ2v) is 9.29. The van der Waals surface area contributed by atoms with Gasteiger partial charge < -0.3 is 9.72 Å². The van der Waals surface area contributed by atoms with Crippen molar-refractivity contribution in [2.75, 3.05) is 7.11 Å². The van der Waals surface area contributed by atoms with E-state index in [0.717, 1.165) is 22.3 Å². The van der Waals surface area contributed by atoms with Crippen LogP contribution in [0.1, 0.15) is 11.5 Å². The zero-order chi connectivity index (χ0) is 26.6. The number of aromatic nitrogens is 8. The maximum Gasteiger partial charge on any atom is 0.263 e. The second-order valence-electron chi connectivity index (χ2n) is 8.54. The molecule has 0 fully saturated rings. The zero-order valence-electron chi connectivity index (χ0n) is 20.5. The van der Waals surface area contributed by atoms with Gasteiger partial charge in [0.05, 0.1) is 29.6 Å². The van der Waals surface area contributed by atoms with Crippen LogP contribution >= 0.6 is 24.4 Å². The summed E-state index contributed by atoms with van der Waals surface area (Å²) in [6.45, 7) is 3.67. The van der Waals surface area contributed by atoms with Crippen molar-refractivity contribution in [1.29, 1.82) is 0 Å². The monoisotopic (exact) mass is 540 g/mol. The number of ether oxygens (including phenoxy) is 1. The molecule has 10 nitrogen and oxygen atoms in total. The third-order valence-electron chi connectivity index (χ3n) is 6.18. The lowest BCUT2D eigenvalue weighted by atomic mass is 10.1. The van der Waals surface area contributed by atoms with Gasteiger partial charge in [-0.1, -0.05) is 18.2 Å². The molecule has 0 bridgehead atoms. The Morgan fingerprint density at radius 1 is 0.947 bits per heavy atom. The van der Waals surface area contributed by atoms with Crippen molar-refractivity contribution < 1.29 is 4.74 Å². The first-order chi connectivity index (χ1) is 18.4. The van der Waals surface area contributed by atoms with E-state index in [1.54, 1.807) is 23.1 Å². The fourth-order valence-electron chi connectivity index (χ4n) is 4.44. The summed E-state index contributed by atoms with van der Waals surface area (Å²) in [5, 5.41) is 5.54. The van der Waals surface area contributed by atoms with E-state index >= 15 is 0 Å². The maximum atomic E-state index is 13.4. The number of aryl methyl sites for hydroxylation is 2. The number of aromatic amines is 1. The number of nitrogens with one attached hydrogen (secondary N) is 1. The van der Waals surface area contributed by atoms with E-state index in [-0.39, 0.29) is 15.5 Å². The minimum Gasteiger partial charge on any atom is -0.497 e. The number of nitrogens with zero attached hydrogens (tertiary/aromatic N) is 7. The highest BCUT2D eigenvalue weighted by Crippen LogP contribution is 2.31. The fourth-order valence-corrected chi connectivity index (χ4v) is 5.08. The molecule has 4 heterocycles. The van der Waals surface area contributed by atoms with Crippen LogP contribution < -0.4 is 10.3 Å². The molecular weight excluding hydrogens is 520 g/mol. The lowest BCUT2D eigenvalue weighted by Gasteiger charge is -2.12. The summed E-state index contributed by atoms with van der Waals surface area (Å²) in [7, 11) is 1.61. The summed E-state index contributed by atoms with van der Waals surface area (Å²) in [5.74, 6) is 1.36. The maximum absolute atomic E-state index is 13.4. The third-order valence-corrected chi connectivity index (χ3v) is 6.74. The fraction of sp³-hybridized carbons (Fsp3) is 0.115. The normalized spacial score (nSPS) is 11.3. The first-order valence-corrected chi connectivity index (χ1v) is 12.4. The van der Waals surface area contributed by atoms with Gasteiger partial charge in [0.25, 0.3) is 5.56 Å². The van der Waals surface area contributed by atoms with Crippen molar-refractivity contribution in [2.45, 2.75) is 13.8 Å². The number of hydrogen-bond donors (Lipinski definition) is 1. The van der Waals surface area contributed by atoms with E-state index in [0.29, 0.717) is 28.6 Å². The number of benzene rings is 2. The topological polar surface area (TPSA) is 108 Å². The van der Waals surface area contributed by atoms with Crippen molar-refractivity contribution >= 4 is 41.1 Å². The Balaban J connectivity index is 1.73. The van der Waals surface area contributed by atoms with Crippen molar-refractivity contribution in [1.82, 2.24) is 38.7 Å². The standard InChI is InChI=1S/C26H20N8O2S2/c1-14-21-22(16-9-11-18(36-3)12-10-16)29-24(30-23(21)34(31-14)17-7-5-4-6-8-17)33-20(35)13-19-28-25(37)27-15(2)32(19)26(33)38/h4-13H,1-3H3,(H,28,37). The molecule has 12 heteroatoms. The van der Waals surface area contributed by atoms with Crippen LogP contribution in [0.3, 0.4) is 0 Å². The van der Waals surface area contributed by atoms with E-state index in [1.165, 1.54) is 10.6 Å². The molecule has 6 rings (SSSR count). The minimum absolute atomic E-state index is 0.117. The summed E-state index contributed by atoms with van der Waals surface area (Å²) in [5.41, 5.74) is 3.56. The largest absolute Gasteiger partial charge is 0.497 e. The molecule has 0 atom stereocenters. The highest BCUT2D eigenvalue weighted by atomic mass is 32.1. The zero-order valence-corrected chi connectivity index (χ0v) is 22.2. The smallest absolute Gasteiger partial charge is 0.263 e. The predicted molar refractivity (Wildman–Crippen MR) is 148 cm³/mol. The average Bonchev–Trinajstić information content (AvgIpc) is 3.24. The first-order valence-electron chi connectivity index (χ1n) is 11.6. The van der Waals surface area contributed by atoms with Crippen molar-refractivity contribution in [2.24, 2.45) is 0 Å².